The van der Waals surface area contributed by atoms with Crippen molar-refractivity contribution in [2.24, 2.45) is 5.73 Å². The molecule has 0 bridgehead atoms. The number of unbranched alkanes of at least 4 members (excludes halogenated alkanes) is 1. The van der Waals surface area contributed by atoms with Crippen LogP contribution in [0, 0.1) is 0 Å². The minimum Gasteiger partial charge on any atom is -0.395 e. The van der Waals surface area contributed by atoms with Crippen LogP contribution in [0.4, 0.5) is 0 Å². The Balaban J connectivity index is 3.60. The molecule has 0 aliphatic carbocycles. The van der Waals surface area contributed by atoms with Crippen molar-refractivity contribution >= 4 is 0 Å². The lowest BCUT2D eigenvalue weighted by molar-refractivity contribution is 0.223. The first-order chi connectivity index (χ1) is 5.22. The van der Waals surface area contributed by atoms with Crippen LogP contribution in [0.5, 0.6) is 0 Å². The lowest BCUT2D eigenvalue weighted by Gasteiger charge is -2.22. The summed E-state index contributed by atoms with van der Waals surface area (Å²) in [5.41, 5.74) is 5.48. The molecule has 0 saturated heterocycles. The van der Waals surface area contributed by atoms with Crippen LogP contribution in [-0.4, -0.2) is 29.7 Å². The maximum Gasteiger partial charge on any atom is 0.0913 e. The van der Waals surface area contributed by atoms with Gasteiger partial charge in [-0.2, -0.15) is 0 Å². The van der Waals surface area contributed by atoms with E-state index in [1.165, 1.54) is 0 Å². The molecule has 3 N–H and O–H groups in total. The van der Waals surface area contributed by atoms with Gasteiger partial charge in [0.15, 0.2) is 0 Å². The quantitative estimate of drug-likeness (QED) is 0.592. The minimum atomic E-state index is 0.139. The van der Waals surface area contributed by atoms with Crippen LogP contribution in [0.1, 0.15) is 19.8 Å². The fourth-order valence-electron chi connectivity index (χ4n) is 0.869. The number of hydrogen-bond acceptors (Lipinski definition) is 3. The molecule has 66 valence electrons. The monoisotopic (exact) mass is 158 g/mol. The third kappa shape index (κ3) is 4.67. The zero-order valence-electron chi connectivity index (χ0n) is 7.21. The van der Waals surface area contributed by atoms with Gasteiger partial charge in [0, 0.05) is 13.1 Å². The fourth-order valence-corrected chi connectivity index (χ4v) is 0.869. The van der Waals surface area contributed by atoms with Gasteiger partial charge in [-0.3, -0.25) is 0 Å². The van der Waals surface area contributed by atoms with E-state index < -0.39 is 0 Å². The van der Waals surface area contributed by atoms with Crippen molar-refractivity contribution < 1.29 is 5.11 Å². The van der Waals surface area contributed by atoms with Gasteiger partial charge in [-0.1, -0.05) is 19.9 Å². The predicted octanol–water partition coefficient (Wildman–Crippen LogP) is 0.511. The third-order valence-electron chi connectivity index (χ3n) is 1.56. The molecule has 0 rings (SSSR count). The number of rotatable bonds is 6. The highest BCUT2D eigenvalue weighted by atomic mass is 16.3. The topological polar surface area (TPSA) is 49.5 Å². The smallest absolute Gasteiger partial charge is 0.0913 e. The van der Waals surface area contributed by atoms with Crippen molar-refractivity contribution in [3.05, 3.63) is 12.4 Å². The van der Waals surface area contributed by atoms with E-state index in [9.17, 15) is 0 Å². The van der Waals surface area contributed by atoms with Gasteiger partial charge in [0.2, 0.25) is 0 Å². The molecule has 0 aliphatic rings. The maximum absolute atomic E-state index is 8.65. The lowest BCUT2D eigenvalue weighted by Crippen LogP contribution is -2.30. The van der Waals surface area contributed by atoms with Crippen molar-refractivity contribution in [1.29, 1.82) is 0 Å². The summed E-state index contributed by atoms with van der Waals surface area (Å²) >= 11 is 0. The largest absolute Gasteiger partial charge is 0.395 e. The van der Waals surface area contributed by atoms with Crippen LogP contribution in [0.2, 0.25) is 0 Å². The second-order valence-electron chi connectivity index (χ2n) is 2.56. The summed E-state index contributed by atoms with van der Waals surface area (Å²) in [7, 11) is 0. The summed E-state index contributed by atoms with van der Waals surface area (Å²) in [6, 6.07) is 0. The summed E-state index contributed by atoms with van der Waals surface area (Å²) < 4.78 is 0. The first-order valence-corrected chi connectivity index (χ1v) is 4.02. The first kappa shape index (κ1) is 10.3. The molecule has 0 aliphatic heterocycles. The molecule has 0 heterocycles. The minimum absolute atomic E-state index is 0.139. The SMILES string of the molecule is C=C(N)N(CCO)CCCC. The van der Waals surface area contributed by atoms with E-state index in [1.807, 2.05) is 4.90 Å². The first-order valence-electron chi connectivity index (χ1n) is 4.02. The van der Waals surface area contributed by atoms with Gasteiger partial charge in [-0.05, 0) is 6.42 Å². The van der Waals surface area contributed by atoms with Crippen molar-refractivity contribution in [1.82, 2.24) is 4.90 Å². The Labute approximate surface area is 68.5 Å². The van der Waals surface area contributed by atoms with Crippen molar-refractivity contribution in [3.63, 3.8) is 0 Å². The Hall–Kier alpha value is -0.700. The molecule has 0 atom stereocenters. The lowest BCUT2D eigenvalue weighted by atomic mass is 10.3. The van der Waals surface area contributed by atoms with Gasteiger partial charge in [0.05, 0.1) is 12.4 Å². The number of nitrogens with zero attached hydrogens (tertiary/aromatic N) is 1. The van der Waals surface area contributed by atoms with Crippen LogP contribution in [0.25, 0.3) is 0 Å². The van der Waals surface area contributed by atoms with Gasteiger partial charge in [-0.25, -0.2) is 0 Å². The van der Waals surface area contributed by atoms with E-state index in [-0.39, 0.29) is 6.61 Å². The molecular weight excluding hydrogens is 140 g/mol. The average Bonchev–Trinajstić information content (AvgIpc) is 1.97. The zero-order chi connectivity index (χ0) is 8.69. The standard InChI is InChI=1S/C8H18N2O/c1-3-4-5-10(6-7-11)8(2)9/h11H,2-7,9H2,1H3. The van der Waals surface area contributed by atoms with Crippen molar-refractivity contribution in [3.8, 4) is 0 Å². The molecule has 0 aromatic heterocycles. The van der Waals surface area contributed by atoms with E-state index in [0.717, 1.165) is 19.4 Å². The molecule has 0 amide bonds. The zero-order valence-corrected chi connectivity index (χ0v) is 7.21. The molecule has 3 nitrogen and oxygen atoms in total. The Morgan fingerprint density at radius 3 is 2.55 bits per heavy atom. The Morgan fingerprint density at radius 1 is 1.55 bits per heavy atom. The summed E-state index contributed by atoms with van der Waals surface area (Å²) in [4.78, 5) is 1.89. The summed E-state index contributed by atoms with van der Waals surface area (Å²) in [6.45, 7) is 7.37. The van der Waals surface area contributed by atoms with E-state index in [1.54, 1.807) is 0 Å². The van der Waals surface area contributed by atoms with E-state index in [2.05, 4.69) is 13.5 Å². The molecule has 0 spiro atoms. The summed E-state index contributed by atoms with van der Waals surface area (Å²) in [6.07, 6.45) is 2.23. The van der Waals surface area contributed by atoms with E-state index in [4.69, 9.17) is 10.8 Å². The van der Waals surface area contributed by atoms with Gasteiger partial charge < -0.3 is 15.7 Å². The van der Waals surface area contributed by atoms with E-state index >= 15 is 0 Å². The molecule has 0 fully saturated rings. The summed E-state index contributed by atoms with van der Waals surface area (Å²) in [5.74, 6) is 0.549. The Morgan fingerprint density at radius 2 is 2.18 bits per heavy atom. The van der Waals surface area contributed by atoms with Gasteiger partial charge >= 0.3 is 0 Å². The highest BCUT2D eigenvalue weighted by molar-refractivity contribution is 4.86. The number of hydrogen-bond donors (Lipinski definition) is 2. The van der Waals surface area contributed by atoms with Crippen LogP contribution >= 0.6 is 0 Å². The number of aliphatic hydroxyl groups is 1. The predicted molar refractivity (Wildman–Crippen MR) is 46.9 cm³/mol. The Bertz CT molecular complexity index is 115. The molecule has 3 heteroatoms. The molecular formula is C8H18N2O. The molecule has 0 aromatic rings. The second-order valence-corrected chi connectivity index (χ2v) is 2.56. The number of nitrogens with two attached hydrogens (primary N) is 1. The third-order valence-corrected chi connectivity index (χ3v) is 1.56. The molecule has 11 heavy (non-hydrogen) atoms. The molecule has 0 aromatic carbocycles. The summed E-state index contributed by atoms with van der Waals surface area (Å²) in [5, 5.41) is 8.65. The fraction of sp³-hybridized carbons (Fsp3) is 0.750. The van der Waals surface area contributed by atoms with Crippen LogP contribution in [0.3, 0.4) is 0 Å². The average molecular weight is 158 g/mol. The second kappa shape index (κ2) is 6.04. The van der Waals surface area contributed by atoms with Gasteiger partial charge in [0.1, 0.15) is 0 Å². The van der Waals surface area contributed by atoms with Crippen LogP contribution in [-0.2, 0) is 0 Å². The Kier molecular flexibility index (Phi) is 5.65. The molecule has 0 saturated carbocycles. The van der Waals surface area contributed by atoms with Crippen LogP contribution < -0.4 is 5.73 Å². The van der Waals surface area contributed by atoms with E-state index in [0.29, 0.717) is 12.4 Å². The maximum atomic E-state index is 8.65. The normalized spacial score (nSPS) is 9.64. The number of aliphatic hydroxyl groups excluding tert-OH is 1. The van der Waals surface area contributed by atoms with Crippen LogP contribution in [0.15, 0.2) is 12.4 Å². The molecule has 0 radical (unpaired) electrons. The highest BCUT2D eigenvalue weighted by Gasteiger charge is 2.01. The molecule has 0 unspecified atom stereocenters. The van der Waals surface area contributed by atoms with Crippen molar-refractivity contribution in [2.45, 2.75) is 19.8 Å². The van der Waals surface area contributed by atoms with Crippen molar-refractivity contribution in [2.75, 3.05) is 19.7 Å². The highest BCUT2D eigenvalue weighted by Crippen LogP contribution is 1.97. The van der Waals surface area contributed by atoms with Gasteiger partial charge in [0.25, 0.3) is 0 Å². The van der Waals surface area contributed by atoms with Gasteiger partial charge in [-0.15, -0.1) is 0 Å².